The van der Waals surface area contributed by atoms with Gasteiger partial charge in [-0.25, -0.2) is 0 Å². The van der Waals surface area contributed by atoms with Gasteiger partial charge < -0.3 is 0 Å². The summed E-state index contributed by atoms with van der Waals surface area (Å²) in [6.45, 7) is 0. The van der Waals surface area contributed by atoms with E-state index >= 15 is 0 Å². The summed E-state index contributed by atoms with van der Waals surface area (Å²) in [4.78, 5) is 0. The van der Waals surface area contributed by atoms with Crippen LogP contribution in [0.25, 0.3) is 0 Å². The Morgan fingerprint density at radius 3 is 2.73 bits per heavy atom. The minimum Gasteiger partial charge on any atom is -0.123 e. The van der Waals surface area contributed by atoms with Crippen LogP contribution < -0.4 is 0 Å². The lowest BCUT2D eigenvalue weighted by atomic mass is 9.92. The van der Waals surface area contributed by atoms with Crippen molar-refractivity contribution in [3.63, 3.8) is 0 Å². The maximum Gasteiger partial charge on any atom is 0.0379 e. The van der Waals surface area contributed by atoms with Crippen molar-refractivity contribution in [1.29, 1.82) is 0 Å². The lowest BCUT2D eigenvalue weighted by Gasteiger charge is -2.19. The van der Waals surface area contributed by atoms with Crippen molar-refractivity contribution in [2.24, 2.45) is 0 Å². The fraction of sp³-hybridized carbons (Fsp3) is 0.400. The molecule has 1 aliphatic rings. The van der Waals surface area contributed by atoms with Crippen LogP contribution in [0, 0.1) is 0 Å². The number of hydrogen-bond acceptors (Lipinski definition) is 0. The van der Waals surface area contributed by atoms with E-state index in [2.05, 4.69) is 24.3 Å². The van der Waals surface area contributed by atoms with Crippen LogP contribution in [0.4, 0.5) is 0 Å². The van der Waals surface area contributed by atoms with E-state index in [1.54, 1.807) is 0 Å². The number of fused-ring (bicyclic) bond motifs is 1. The number of aryl methyl sites for hydroxylation is 1. The molecule has 1 atom stereocenters. The first-order chi connectivity index (χ1) is 5.36. The third-order valence-electron chi connectivity index (χ3n) is 2.29. The van der Waals surface area contributed by atoms with Gasteiger partial charge in [-0.1, -0.05) is 24.3 Å². The number of alkyl halides is 1. The quantitative estimate of drug-likeness (QED) is 0.520. The van der Waals surface area contributed by atoms with Gasteiger partial charge in [-0.2, -0.15) is 0 Å². The zero-order chi connectivity index (χ0) is 7.68. The normalized spacial score (nSPS) is 22.8. The van der Waals surface area contributed by atoms with Crippen molar-refractivity contribution in [2.45, 2.75) is 24.6 Å². The lowest BCUT2D eigenvalue weighted by Crippen LogP contribution is -2.13. The van der Waals surface area contributed by atoms with Crippen LogP contribution in [0.3, 0.4) is 0 Å². The standard InChI is InChI=1S/C10H11Cl/c11-10-6-5-8-3-1-2-4-9(8)7-10/h1-4,10H,5-7H2. The summed E-state index contributed by atoms with van der Waals surface area (Å²) in [5.74, 6) is 0. The summed E-state index contributed by atoms with van der Waals surface area (Å²) in [6.07, 6.45) is 3.35. The molecule has 0 amide bonds. The fourth-order valence-electron chi connectivity index (χ4n) is 1.65. The van der Waals surface area contributed by atoms with E-state index in [-0.39, 0.29) is 0 Å². The Hall–Kier alpha value is -0.490. The van der Waals surface area contributed by atoms with E-state index in [0.717, 1.165) is 19.3 Å². The van der Waals surface area contributed by atoms with Crippen LogP contribution in [0.1, 0.15) is 17.5 Å². The Balaban J connectivity index is 2.34. The molecule has 0 radical (unpaired) electrons. The van der Waals surface area contributed by atoms with Crippen molar-refractivity contribution in [1.82, 2.24) is 0 Å². The molecule has 1 unspecified atom stereocenters. The maximum atomic E-state index is 6.04. The van der Waals surface area contributed by atoms with Gasteiger partial charge in [0, 0.05) is 5.38 Å². The van der Waals surface area contributed by atoms with Gasteiger partial charge in [-0.15, -0.1) is 11.6 Å². The zero-order valence-electron chi connectivity index (χ0n) is 6.39. The van der Waals surface area contributed by atoms with Crippen LogP contribution in [0.2, 0.25) is 0 Å². The van der Waals surface area contributed by atoms with Crippen molar-refractivity contribution >= 4 is 11.6 Å². The van der Waals surface area contributed by atoms with Gasteiger partial charge in [0.05, 0.1) is 0 Å². The van der Waals surface area contributed by atoms with E-state index in [1.807, 2.05) is 0 Å². The fourth-order valence-corrected chi connectivity index (χ4v) is 1.93. The average Bonchev–Trinajstić information content (AvgIpc) is 2.04. The molecule has 1 aromatic rings. The van der Waals surface area contributed by atoms with Gasteiger partial charge in [-0.05, 0) is 30.4 Å². The molecule has 0 fully saturated rings. The second-order valence-electron chi connectivity index (χ2n) is 3.11. The van der Waals surface area contributed by atoms with Gasteiger partial charge in [0.15, 0.2) is 0 Å². The van der Waals surface area contributed by atoms with E-state index in [9.17, 15) is 0 Å². The Labute approximate surface area is 72.2 Å². The van der Waals surface area contributed by atoms with E-state index in [1.165, 1.54) is 11.1 Å². The number of hydrogen-bond donors (Lipinski definition) is 0. The molecule has 0 bridgehead atoms. The topological polar surface area (TPSA) is 0 Å². The number of halogens is 1. The molecule has 0 heterocycles. The van der Waals surface area contributed by atoms with Gasteiger partial charge in [-0.3, -0.25) is 0 Å². The predicted molar refractivity (Wildman–Crippen MR) is 48.1 cm³/mol. The monoisotopic (exact) mass is 166 g/mol. The van der Waals surface area contributed by atoms with Gasteiger partial charge in [0.25, 0.3) is 0 Å². The third kappa shape index (κ3) is 1.41. The first-order valence-corrected chi connectivity index (χ1v) is 4.51. The van der Waals surface area contributed by atoms with Crippen molar-refractivity contribution < 1.29 is 0 Å². The van der Waals surface area contributed by atoms with E-state index in [4.69, 9.17) is 11.6 Å². The average molecular weight is 167 g/mol. The first kappa shape index (κ1) is 7.17. The third-order valence-corrected chi connectivity index (χ3v) is 2.66. The summed E-state index contributed by atoms with van der Waals surface area (Å²) in [7, 11) is 0. The molecular weight excluding hydrogens is 156 g/mol. The summed E-state index contributed by atoms with van der Waals surface area (Å²) >= 11 is 6.04. The van der Waals surface area contributed by atoms with Crippen LogP contribution in [-0.4, -0.2) is 5.38 Å². The van der Waals surface area contributed by atoms with Crippen molar-refractivity contribution in [2.75, 3.05) is 0 Å². The largest absolute Gasteiger partial charge is 0.123 e. The molecule has 0 spiro atoms. The molecule has 0 N–H and O–H groups in total. The molecule has 2 rings (SSSR count). The van der Waals surface area contributed by atoms with Crippen LogP contribution in [0.15, 0.2) is 24.3 Å². The maximum absolute atomic E-state index is 6.04. The summed E-state index contributed by atoms with van der Waals surface area (Å²) in [5.41, 5.74) is 2.93. The minimum atomic E-state index is 0.366. The molecule has 0 saturated carbocycles. The Bertz CT molecular complexity index is 255. The highest BCUT2D eigenvalue weighted by atomic mass is 35.5. The van der Waals surface area contributed by atoms with E-state index < -0.39 is 0 Å². The van der Waals surface area contributed by atoms with Gasteiger partial charge >= 0.3 is 0 Å². The molecule has 11 heavy (non-hydrogen) atoms. The molecule has 1 heteroatoms. The minimum absolute atomic E-state index is 0.366. The Morgan fingerprint density at radius 1 is 1.18 bits per heavy atom. The summed E-state index contributed by atoms with van der Waals surface area (Å²) in [5, 5.41) is 0.366. The SMILES string of the molecule is ClC1CCc2ccccc2C1. The van der Waals surface area contributed by atoms with Gasteiger partial charge in [0.1, 0.15) is 0 Å². The summed E-state index contributed by atoms with van der Waals surface area (Å²) < 4.78 is 0. The highest BCUT2D eigenvalue weighted by Gasteiger charge is 2.14. The smallest absolute Gasteiger partial charge is 0.0379 e. The molecular formula is C10H11Cl. The predicted octanol–water partition coefficient (Wildman–Crippen LogP) is 2.78. The van der Waals surface area contributed by atoms with Crippen LogP contribution in [0.5, 0.6) is 0 Å². The molecule has 0 nitrogen and oxygen atoms in total. The number of benzene rings is 1. The summed E-state index contributed by atoms with van der Waals surface area (Å²) in [6, 6.07) is 8.59. The molecule has 1 aliphatic carbocycles. The highest BCUT2D eigenvalue weighted by molar-refractivity contribution is 6.20. The Morgan fingerprint density at radius 2 is 1.91 bits per heavy atom. The Kier molecular flexibility index (Phi) is 1.87. The second-order valence-corrected chi connectivity index (χ2v) is 3.73. The molecule has 1 aromatic carbocycles. The molecule has 0 aliphatic heterocycles. The van der Waals surface area contributed by atoms with Crippen LogP contribution in [-0.2, 0) is 12.8 Å². The van der Waals surface area contributed by atoms with Crippen LogP contribution >= 0.6 is 11.6 Å². The highest BCUT2D eigenvalue weighted by Crippen LogP contribution is 2.23. The number of rotatable bonds is 0. The lowest BCUT2D eigenvalue weighted by molar-refractivity contribution is 0.694. The van der Waals surface area contributed by atoms with E-state index in [0.29, 0.717) is 5.38 Å². The van der Waals surface area contributed by atoms with Gasteiger partial charge in [0.2, 0.25) is 0 Å². The molecule has 0 saturated heterocycles. The second kappa shape index (κ2) is 2.86. The molecule has 58 valence electrons. The van der Waals surface area contributed by atoms with Crippen molar-refractivity contribution in [3.05, 3.63) is 35.4 Å². The molecule has 0 aromatic heterocycles. The zero-order valence-corrected chi connectivity index (χ0v) is 7.14. The first-order valence-electron chi connectivity index (χ1n) is 4.07. The van der Waals surface area contributed by atoms with Crippen molar-refractivity contribution in [3.8, 4) is 0 Å².